The summed E-state index contributed by atoms with van der Waals surface area (Å²) in [6, 6.07) is 22.7. The van der Waals surface area contributed by atoms with Gasteiger partial charge in [-0.3, -0.25) is 0 Å². The molecule has 0 aliphatic heterocycles. The maximum absolute atomic E-state index is 2.41. The number of benzene rings is 2. The molecule has 0 bridgehead atoms. The topological polar surface area (TPSA) is 0 Å². The van der Waals surface area contributed by atoms with Gasteiger partial charge < -0.3 is 0 Å². The molecule has 0 unspecified atom stereocenters. The van der Waals surface area contributed by atoms with Gasteiger partial charge in [0.2, 0.25) is 0 Å². The maximum atomic E-state index is 2.41. The Labute approximate surface area is 185 Å². The first kappa shape index (κ1) is 24.5. The normalized spacial score (nSPS) is 12.8. The number of hydrogen-bond donors (Lipinski definition) is 0. The van der Waals surface area contributed by atoms with Crippen LogP contribution >= 0.6 is 0 Å². The molecule has 2 aromatic rings. The molecule has 0 heterocycles. The SMILES string of the molecule is CCC[CH2][Sn]([CH2]CCC)([CH2]CCC)[CH2][C@H](CCc1ccccc1)c1ccccc1. The average Bonchev–Trinajstić information content (AvgIpc) is 2.78. The molecule has 0 amide bonds. The summed E-state index contributed by atoms with van der Waals surface area (Å²) in [5.41, 5.74) is 3.11. The van der Waals surface area contributed by atoms with Crippen molar-refractivity contribution in [3.8, 4) is 0 Å². The molecule has 0 radical (unpaired) electrons. The van der Waals surface area contributed by atoms with E-state index in [1.54, 1.807) is 23.3 Å². The first-order valence-corrected chi connectivity index (χ1v) is 20.4. The Balaban J connectivity index is 2.23. The van der Waals surface area contributed by atoms with Crippen molar-refractivity contribution in [2.24, 2.45) is 0 Å². The first-order chi connectivity index (χ1) is 14.2. The Morgan fingerprint density at radius 2 is 1.14 bits per heavy atom. The van der Waals surface area contributed by atoms with E-state index in [1.165, 1.54) is 56.9 Å². The molecule has 0 N–H and O–H groups in total. The molecule has 1 atom stereocenters. The van der Waals surface area contributed by atoms with Crippen LogP contribution in [-0.2, 0) is 6.42 Å². The Morgan fingerprint density at radius 1 is 0.655 bits per heavy atom. The van der Waals surface area contributed by atoms with E-state index in [-0.39, 0.29) is 0 Å². The van der Waals surface area contributed by atoms with Gasteiger partial charge in [0.1, 0.15) is 0 Å². The third-order valence-electron chi connectivity index (χ3n) is 6.76. The van der Waals surface area contributed by atoms with Crippen molar-refractivity contribution in [1.82, 2.24) is 0 Å². The fourth-order valence-electron chi connectivity index (χ4n) is 4.96. The molecule has 2 aromatic carbocycles. The zero-order valence-electron chi connectivity index (χ0n) is 19.3. The summed E-state index contributed by atoms with van der Waals surface area (Å²) in [4.78, 5) is 0. The Kier molecular flexibility index (Phi) is 12.1. The van der Waals surface area contributed by atoms with Crippen LogP contribution in [0.2, 0.25) is 17.7 Å². The van der Waals surface area contributed by atoms with Gasteiger partial charge in [0.05, 0.1) is 0 Å². The summed E-state index contributed by atoms with van der Waals surface area (Å²) in [5, 5.41) is 0. The molecule has 0 aliphatic rings. The molecule has 0 aromatic heterocycles. The van der Waals surface area contributed by atoms with Gasteiger partial charge in [0.25, 0.3) is 0 Å². The first-order valence-electron chi connectivity index (χ1n) is 12.3. The van der Waals surface area contributed by atoms with Crippen molar-refractivity contribution < 1.29 is 0 Å². The second-order valence-electron chi connectivity index (χ2n) is 9.15. The summed E-state index contributed by atoms with van der Waals surface area (Å²) < 4.78 is 6.45. The van der Waals surface area contributed by atoms with Crippen LogP contribution in [-0.4, -0.2) is 18.4 Å². The third kappa shape index (κ3) is 8.87. The molecule has 160 valence electrons. The zero-order valence-corrected chi connectivity index (χ0v) is 22.2. The Morgan fingerprint density at radius 3 is 1.62 bits per heavy atom. The molecule has 0 aliphatic carbocycles. The van der Waals surface area contributed by atoms with Crippen LogP contribution in [0.3, 0.4) is 0 Å². The van der Waals surface area contributed by atoms with Crippen LogP contribution in [0, 0.1) is 0 Å². The van der Waals surface area contributed by atoms with E-state index in [2.05, 4.69) is 81.4 Å². The Hall–Kier alpha value is -0.761. The fraction of sp³-hybridized carbons (Fsp3) is 0.571. The quantitative estimate of drug-likeness (QED) is 0.214. The number of aryl methyl sites for hydroxylation is 1. The van der Waals surface area contributed by atoms with Crippen LogP contribution in [0.4, 0.5) is 0 Å². The molecule has 2 rings (SSSR count). The van der Waals surface area contributed by atoms with Crippen molar-refractivity contribution >= 4 is 18.4 Å². The van der Waals surface area contributed by atoms with E-state index in [9.17, 15) is 0 Å². The van der Waals surface area contributed by atoms with E-state index >= 15 is 0 Å². The molecule has 1 heteroatoms. The minimum absolute atomic E-state index is 0.762. The molecule has 0 saturated carbocycles. The van der Waals surface area contributed by atoms with Gasteiger partial charge in [-0.05, 0) is 0 Å². The summed E-state index contributed by atoms with van der Waals surface area (Å²) >= 11 is -2.15. The van der Waals surface area contributed by atoms with Crippen molar-refractivity contribution in [3.05, 3.63) is 71.8 Å². The van der Waals surface area contributed by atoms with Crippen LogP contribution < -0.4 is 0 Å². The summed E-state index contributed by atoms with van der Waals surface area (Å²) in [5.74, 6) is 0.762. The van der Waals surface area contributed by atoms with E-state index in [4.69, 9.17) is 0 Å². The molecular weight excluding hydrogens is 455 g/mol. The Bertz CT molecular complexity index is 612. The van der Waals surface area contributed by atoms with Crippen molar-refractivity contribution in [2.75, 3.05) is 0 Å². The molecule has 0 fully saturated rings. The predicted octanol–water partition coefficient (Wildman–Crippen LogP) is 9.25. The van der Waals surface area contributed by atoms with E-state index in [1.807, 2.05) is 0 Å². The van der Waals surface area contributed by atoms with Crippen molar-refractivity contribution in [3.63, 3.8) is 0 Å². The van der Waals surface area contributed by atoms with Crippen LogP contribution in [0.1, 0.15) is 82.8 Å². The summed E-state index contributed by atoms with van der Waals surface area (Å²) in [7, 11) is 0. The van der Waals surface area contributed by atoms with Gasteiger partial charge in [-0.1, -0.05) is 0 Å². The monoisotopic (exact) mass is 500 g/mol. The van der Waals surface area contributed by atoms with Crippen LogP contribution in [0.5, 0.6) is 0 Å². The average molecular weight is 499 g/mol. The van der Waals surface area contributed by atoms with E-state index in [0.717, 1.165) is 5.92 Å². The molecule has 0 spiro atoms. The number of unbranched alkanes of at least 4 members (excludes halogenated alkanes) is 3. The summed E-state index contributed by atoms with van der Waals surface area (Å²) in [6.45, 7) is 7.17. The van der Waals surface area contributed by atoms with Gasteiger partial charge in [-0.2, -0.15) is 0 Å². The standard InChI is InChI=1S/C16H17.3C4H9.Sn/c1-14(16-10-6-3-7-11-16)12-13-15-8-4-2-5-9-15;3*1-3-4-2;/h2-11,14H,1,12-13H2;3*1,3-4H2,2H3;/t14-;;;;/m1..../s1. The van der Waals surface area contributed by atoms with Gasteiger partial charge in [-0.25, -0.2) is 0 Å². The number of rotatable bonds is 15. The fourth-order valence-corrected chi connectivity index (χ4v) is 22.5. The second kappa shape index (κ2) is 14.3. The van der Waals surface area contributed by atoms with Crippen molar-refractivity contribution in [2.45, 2.75) is 95.8 Å². The molecule has 29 heavy (non-hydrogen) atoms. The molecule has 0 saturated heterocycles. The summed E-state index contributed by atoms with van der Waals surface area (Å²) in [6.07, 6.45) is 11.1. The van der Waals surface area contributed by atoms with Gasteiger partial charge in [-0.15, -0.1) is 0 Å². The van der Waals surface area contributed by atoms with E-state index < -0.39 is 18.4 Å². The van der Waals surface area contributed by atoms with Gasteiger partial charge in [0, 0.05) is 0 Å². The van der Waals surface area contributed by atoms with Crippen molar-refractivity contribution in [1.29, 1.82) is 0 Å². The van der Waals surface area contributed by atoms with E-state index in [0.29, 0.717) is 0 Å². The minimum atomic E-state index is -2.15. The van der Waals surface area contributed by atoms with Crippen LogP contribution in [0.25, 0.3) is 0 Å². The predicted molar refractivity (Wildman–Crippen MR) is 134 cm³/mol. The zero-order chi connectivity index (χ0) is 20.8. The molecule has 0 nitrogen and oxygen atoms in total. The third-order valence-corrected chi connectivity index (χ3v) is 22.7. The van der Waals surface area contributed by atoms with Gasteiger partial charge in [0.15, 0.2) is 0 Å². The van der Waals surface area contributed by atoms with Gasteiger partial charge >= 0.3 is 186 Å². The molecular formula is C28H44Sn. The second-order valence-corrected chi connectivity index (χ2v) is 23.2. The van der Waals surface area contributed by atoms with Crippen LogP contribution in [0.15, 0.2) is 60.7 Å². The number of hydrogen-bond acceptors (Lipinski definition) is 0.